The molecule has 0 unspecified atom stereocenters. The van der Waals surface area contributed by atoms with Crippen LogP contribution in [0.5, 0.6) is 5.75 Å². The number of hydrogen-bond acceptors (Lipinski definition) is 4. The second-order valence-corrected chi connectivity index (χ2v) is 5.01. The zero-order chi connectivity index (χ0) is 12.5. The lowest BCUT2D eigenvalue weighted by Gasteiger charge is -2.24. The number of rotatable bonds is 1. The molecule has 2 aromatic carbocycles. The quantitative estimate of drug-likeness (QED) is 0.797. The van der Waals surface area contributed by atoms with E-state index in [4.69, 9.17) is 4.74 Å². The van der Waals surface area contributed by atoms with Crippen molar-refractivity contribution in [3.8, 4) is 5.75 Å². The van der Waals surface area contributed by atoms with Crippen LogP contribution in [0, 0.1) is 0 Å². The van der Waals surface area contributed by atoms with Gasteiger partial charge in [-0.3, -0.25) is 0 Å². The van der Waals surface area contributed by atoms with Gasteiger partial charge in [-0.05, 0) is 18.2 Å². The van der Waals surface area contributed by atoms with Crippen molar-refractivity contribution in [1.29, 1.82) is 0 Å². The van der Waals surface area contributed by atoms with E-state index < -0.39 is 5.44 Å². The van der Waals surface area contributed by atoms with Crippen LogP contribution in [0.25, 0.3) is 0 Å². The third kappa shape index (κ3) is 1.84. The van der Waals surface area contributed by atoms with Gasteiger partial charge >= 0.3 is 5.97 Å². The van der Waals surface area contributed by atoms with Gasteiger partial charge in [0.25, 0.3) is 0 Å². The number of thioether (sulfide) groups is 1. The van der Waals surface area contributed by atoms with Gasteiger partial charge in [-0.15, -0.1) is 0 Å². The number of benzene rings is 2. The van der Waals surface area contributed by atoms with Crippen LogP contribution < -0.4 is 0 Å². The Kier molecular flexibility index (Phi) is 2.72. The minimum absolute atomic E-state index is 0.141. The molecule has 2 aromatic rings. The van der Waals surface area contributed by atoms with Crippen LogP contribution in [-0.2, 0) is 4.74 Å². The van der Waals surface area contributed by atoms with Crippen molar-refractivity contribution in [2.24, 2.45) is 0 Å². The molecule has 0 aromatic heterocycles. The van der Waals surface area contributed by atoms with Crippen LogP contribution in [0.2, 0.25) is 0 Å². The van der Waals surface area contributed by atoms with E-state index in [9.17, 15) is 9.90 Å². The maximum Gasteiger partial charge on any atom is 0.340 e. The highest BCUT2D eigenvalue weighted by atomic mass is 32.2. The van der Waals surface area contributed by atoms with Crippen LogP contribution in [0.1, 0.15) is 21.4 Å². The fourth-order valence-corrected chi connectivity index (χ4v) is 2.98. The van der Waals surface area contributed by atoms with Crippen molar-refractivity contribution in [1.82, 2.24) is 0 Å². The van der Waals surface area contributed by atoms with Gasteiger partial charge < -0.3 is 9.84 Å². The molecule has 0 spiro atoms. The van der Waals surface area contributed by atoms with Crippen molar-refractivity contribution >= 4 is 17.7 Å². The molecule has 3 nitrogen and oxygen atoms in total. The summed E-state index contributed by atoms with van der Waals surface area (Å²) in [4.78, 5) is 12.7. The average molecular weight is 258 g/mol. The number of aromatic hydroxyl groups is 1. The number of para-hydroxylation sites is 1. The Morgan fingerprint density at radius 2 is 1.78 bits per heavy atom. The van der Waals surface area contributed by atoms with Gasteiger partial charge in [-0.2, -0.15) is 0 Å². The summed E-state index contributed by atoms with van der Waals surface area (Å²) in [7, 11) is 0. The van der Waals surface area contributed by atoms with Gasteiger partial charge in [0.2, 0.25) is 0 Å². The number of carbonyl (C=O) groups is 1. The smallest absolute Gasteiger partial charge is 0.340 e. The molecule has 18 heavy (non-hydrogen) atoms. The van der Waals surface area contributed by atoms with Crippen molar-refractivity contribution in [2.75, 3.05) is 0 Å². The standard InChI is InChI=1S/C14H10O3S/c15-11-7-3-1-5-9(11)14-17-13(16)10-6-2-4-8-12(10)18-14/h1-8,14-15H/t14-/m0/s1. The fourth-order valence-electron chi connectivity index (χ4n) is 1.85. The number of hydrogen-bond donors (Lipinski definition) is 1. The number of carbonyl (C=O) groups excluding carboxylic acids is 1. The van der Waals surface area contributed by atoms with Crippen LogP contribution in [0.4, 0.5) is 0 Å². The van der Waals surface area contributed by atoms with E-state index in [1.807, 2.05) is 18.2 Å². The van der Waals surface area contributed by atoms with Crippen LogP contribution >= 0.6 is 11.8 Å². The highest BCUT2D eigenvalue weighted by Crippen LogP contribution is 2.44. The molecule has 1 aliphatic heterocycles. The maximum absolute atomic E-state index is 11.9. The van der Waals surface area contributed by atoms with E-state index in [2.05, 4.69) is 0 Å². The molecule has 0 amide bonds. The lowest BCUT2D eigenvalue weighted by atomic mass is 10.2. The number of fused-ring (bicyclic) bond motifs is 1. The summed E-state index contributed by atoms with van der Waals surface area (Å²) < 4.78 is 5.34. The Hall–Kier alpha value is -1.94. The van der Waals surface area contributed by atoms with E-state index in [-0.39, 0.29) is 11.7 Å². The van der Waals surface area contributed by atoms with Crippen LogP contribution in [0.3, 0.4) is 0 Å². The van der Waals surface area contributed by atoms with Crippen LogP contribution in [-0.4, -0.2) is 11.1 Å². The predicted octanol–water partition coefficient (Wildman–Crippen LogP) is 3.35. The summed E-state index contributed by atoms with van der Waals surface area (Å²) in [5.41, 5.74) is 0.702. The molecular formula is C14H10O3S. The highest BCUT2D eigenvalue weighted by molar-refractivity contribution is 7.99. The molecule has 0 saturated heterocycles. The molecule has 0 fully saturated rings. The largest absolute Gasteiger partial charge is 0.507 e. The first kappa shape index (κ1) is 11.2. The number of phenols is 1. The molecule has 0 bridgehead atoms. The molecule has 0 aliphatic carbocycles. The molecule has 90 valence electrons. The van der Waals surface area contributed by atoms with E-state index in [1.165, 1.54) is 11.8 Å². The van der Waals surface area contributed by atoms with E-state index >= 15 is 0 Å². The summed E-state index contributed by atoms with van der Waals surface area (Å²) in [6.07, 6.45) is 0. The molecule has 1 heterocycles. The van der Waals surface area contributed by atoms with Gasteiger partial charge in [0.05, 0.1) is 5.56 Å². The van der Waals surface area contributed by atoms with Gasteiger partial charge in [-0.25, -0.2) is 4.79 Å². The first-order valence-electron chi connectivity index (χ1n) is 5.50. The first-order valence-corrected chi connectivity index (χ1v) is 6.38. The van der Waals surface area contributed by atoms with Crippen molar-refractivity contribution in [2.45, 2.75) is 10.3 Å². The second-order valence-electron chi connectivity index (χ2n) is 3.91. The van der Waals surface area contributed by atoms with Gasteiger partial charge in [-0.1, -0.05) is 42.1 Å². The van der Waals surface area contributed by atoms with Crippen molar-refractivity contribution in [3.05, 3.63) is 59.7 Å². The number of phenolic OH excluding ortho intramolecular Hbond substituents is 1. The Morgan fingerprint density at radius 3 is 2.61 bits per heavy atom. The van der Waals surface area contributed by atoms with Crippen LogP contribution in [0.15, 0.2) is 53.4 Å². The molecule has 1 aliphatic rings. The number of cyclic esters (lactones) is 1. The Balaban J connectivity index is 2.00. The predicted molar refractivity (Wildman–Crippen MR) is 68.6 cm³/mol. The molecule has 0 saturated carbocycles. The summed E-state index contributed by atoms with van der Waals surface area (Å²) in [6.45, 7) is 0. The molecule has 3 rings (SSSR count). The number of esters is 1. The zero-order valence-electron chi connectivity index (χ0n) is 9.37. The Labute approximate surface area is 108 Å². The Bertz CT molecular complexity index is 609. The van der Waals surface area contributed by atoms with E-state index in [0.29, 0.717) is 11.1 Å². The minimum atomic E-state index is -0.492. The molecule has 4 heteroatoms. The molecular weight excluding hydrogens is 248 g/mol. The molecule has 1 N–H and O–H groups in total. The summed E-state index contributed by atoms with van der Waals surface area (Å²) in [5.74, 6) is -0.209. The van der Waals surface area contributed by atoms with Gasteiger partial charge in [0.1, 0.15) is 5.75 Å². The lowest BCUT2D eigenvalue weighted by Crippen LogP contribution is -2.15. The summed E-state index contributed by atoms with van der Waals surface area (Å²) in [5, 5.41) is 9.79. The van der Waals surface area contributed by atoms with Crippen molar-refractivity contribution < 1.29 is 14.6 Å². The second kappa shape index (κ2) is 4.38. The maximum atomic E-state index is 11.9. The zero-order valence-corrected chi connectivity index (χ0v) is 10.2. The summed E-state index contributed by atoms with van der Waals surface area (Å²) in [6, 6.07) is 14.2. The number of ether oxygens (including phenoxy) is 1. The third-order valence-corrected chi connectivity index (χ3v) is 3.92. The minimum Gasteiger partial charge on any atom is -0.507 e. The molecule has 1 atom stereocenters. The van der Waals surface area contributed by atoms with Gasteiger partial charge in [0.15, 0.2) is 5.44 Å². The summed E-state index contributed by atoms with van der Waals surface area (Å²) >= 11 is 1.42. The van der Waals surface area contributed by atoms with E-state index in [0.717, 1.165) is 4.90 Å². The fraction of sp³-hybridized carbons (Fsp3) is 0.0714. The third-order valence-electron chi connectivity index (χ3n) is 2.75. The van der Waals surface area contributed by atoms with E-state index in [1.54, 1.807) is 30.3 Å². The highest BCUT2D eigenvalue weighted by Gasteiger charge is 2.29. The van der Waals surface area contributed by atoms with Crippen molar-refractivity contribution in [3.63, 3.8) is 0 Å². The normalized spacial score (nSPS) is 18.0. The molecule has 0 radical (unpaired) electrons. The Morgan fingerprint density at radius 1 is 1.06 bits per heavy atom. The van der Waals surface area contributed by atoms with Gasteiger partial charge in [0, 0.05) is 10.5 Å². The SMILES string of the molecule is O=C1O[C@H](c2ccccc2O)Sc2ccccc21. The topological polar surface area (TPSA) is 46.5 Å². The lowest BCUT2D eigenvalue weighted by molar-refractivity contribution is 0.0437. The average Bonchev–Trinajstić information content (AvgIpc) is 2.39. The first-order chi connectivity index (χ1) is 8.75. The monoisotopic (exact) mass is 258 g/mol.